The Morgan fingerprint density at radius 2 is 2.25 bits per heavy atom. The van der Waals surface area contributed by atoms with Gasteiger partial charge in [0.2, 0.25) is 0 Å². The van der Waals surface area contributed by atoms with Gasteiger partial charge in [0.15, 0.2) is 0 Å². The van der Waals surface area contributed by atoms with E-state index < -0.39 is 0 Å². The second-order valence-corrected chi connectivity index (χ2v) is 3.18. The quantitative estimate of drug-likeness (QED) is 0.562. The second-order valence-electron chi connectivity index (χ2n) is 3.18. The van der Waals surface area contributed by atoms with Crippen LogP contribution in [0.5, 0.6) is 5.75 Å². The molecular formula is C9H12N2O. The maximum absolute atomic E-state index is 5.80. The molecule has 1 aliphatic rings. The highest BCUT2D eigenvalue weighted by Gasteiger charge is 2.23. The van der Waals surface area contributed by atoms with Gasteiger partial charge in [0.05, 0.1) is 6.04 Å². The summed E-state index contributed by atoms with van der Waals surface area (Å²) in [4.78, 5) is 0. The third-order valence-electron chi connectivity index (χ3n) is 2.11. The van der Waals surface area contributed by atoms with Gasteiger partial charge in [0.1, 0.15) is 12.4 Å². The summed E-state index contributed by atoms with van der Waals surface area (Å²) in [5.74, 6) is 0.847. The first-order valence-corrected chi connectivity index (χ1v) is 3.97. The second kappa shape index (κ2) is 2.38. The van der Waals surface area contributed by atoms with E-state index >= 15 is 0 Å². The first-order chi connectivity index (χ1) is 5.68. The Balaban J connectivity index is 2.60. The lowest BCUT2D eigenvalue weighted by molar-refractivity contribution is 0.333. The number of hydrogen-bond acceptors (Lipinski definition) is 3. The molecule has 0 radical (unpaired) electrons. The summed E-state index contributed by atoms with van der Waals surface area (Å²) < 4.78 is 5.37. The van der Waals surface area contributed by atoms with Crippen LogP contribution in [0.3, 0.4) is 0 Å². The van der Waals surface area contributed by atoms with Gasteiger partial charge in [-0.05, 0) is 24.6 Å². The van der Waals surface area contributed by atoms with Crippen LogP contribution in [0.15, 0.2) is 12.1 Å². The minimum absolute atomic E-state index is 0.0550. The summed E-state index contributed by atoms with van der Waals surface area (Å²) in [5.41, 5.74) is 14.4. The van der Waals surface area contributed by atoms with E-state index in [0.29, 0.717) is 6.61 Å². The van der Waals surface area contributed by atoms with Gasteiger partial charge in [-0.3, -0.25) is 0 Å². The first-order valence-electron chi connectivity index (χ1n) is 3.97. The van der Waals surface area contributed by atoms with Crippen molar-refractivity contribution in [2.24, 2.45) is 5.73 Å². The van der Waals surface area contributed by atoms with Gasteiger partial charge in [-0.2, -0.15) is 0 Å². The third-order valence-corrected chi connectivity index (χ3v) is 2.11. The molecule has 0 bridgehead atoms. The SMILES string of the molecule is Cc1cc(N)c2c(c1)OCC2N. The number of aryl methyl sites for hydroxylation is 1. The van der Waals surface area contributed by atoms with Crippen molar-refractivity contribution in [1.82, 2.24) is 0 Å². The van der Waals surface area contributed by atoms with Crippen LogP contribution in [0.25, 0.3) is 0 Å². The van der Waals surface area contributed by atoms with Crippen molar-refractivity contribution in [2.75, 3.05) is 12.3 Å². The van der Waals surface area contributed by atoms with Crippen LogP contribution in [-0.2, 0) is 0 Å². The highest BCUT2D eigenvalue weighted by molar-refractivity contribution is 5.59. The van der Waals surface area contributed by atoms with Gasteiger partial charge in [-0.15, -0.1) is 0 Å². The van der Waals surface area contributed by atoms with E-state index in [4.69, 9.17) is 16.2 Å². The average molecular weight is 164 g/mol. The van der Waals surface area contributed by atoms with Crippen LogP contribution in [0.4, 0.5) is 5.69 Å². The van der Waals surface area contributed by atoms with E-state index in [0.717, 1.165) is 22.6 Å². The molecule has 1 aliphatic heterocycles. The number of nitrogen functional groups attached to an aromatic ring is 1. The Bertz CT molecular complexity index is 323. The molecule has 64 valence electrons. The van der Waals surface area contributed by atoms with E-state index in [1.54, 1.807) is 0 Å². The van der Waals surface area contributed by atoms with Crippen molar-refractivity contribution in [2.45, 2.75) is 13.0 Å². The highest BCUT2D eigenvalue weighted by atomic mass is 16.5. The minimum Gasteiger partial charge on any atom is -0.491 e. The van der Waals surface area contributed by atoms with Gasteiger partial charge in [-0.1, -0.05) is 0 Å². The topological polar surface area (TPSA) is 61.3 Å². The molecule has 1 unspecified atom stereocenters. The van der Waals surface area contributed by atoms with Gasteiger partial charge >= 0.3 is 0 Å². The Morgan fingerprint density at radius 1 is 1.50 bits per heavy atom. The molecule has 0 aromatic heterocycles. The fraction of sp³-hybridized carbons (Fsp3) is 0.333. The normalized spacial score (nSPS) is 20.3. The molecule has 0 saturated carbocycles. The third kappa shape index (κ3) is 0.940. The van der Waals surface area contributed by atoms with E-state index in [1.165, 1.54) is 0 Å². The fourth-order valence-corrected chi connectivity index (χ4v) is 1.57. The van der Waals surface area contributed by atoms with Crippen molar-refractivity contribution in [3.05, 3.63) is 23.3 Å². The maximum Gasteiger partial charge on any atom is 0.126 e. The Kier molecular flexibility index (Phi) is 1.48. The molecule has 1 aromatic rings. The molecule has 12 heavy (non-hydrogen) atoms. The van der Waals surface area contributed by atoms with Gasteiger partial charge in [0, 0.05) is 11.3 Å². The van der Waals surface area contributed by atoms with E-state index in [-0.39, 0.29) is 6.04 Å². The lowest BCUT2D eigenvalue weighted by atomic mass is 10.0. The Labute approximate surface area is 71.3 Å². The predicted molar refractivity (Wildman–Crippen MR) is 48.0 cm³/mol. The average Bonchev–Trinajstić information content (AvgIpc) is 2.31. The van der Waals surface area contributed by atoms with Crippen molar-refractivity contribution in [3.63, 3.8) is 0 Å². The standard InChI is InChI=1S/C9H12N2O/c1-5-2-6(10)9-7(11)4-12-8(9)3-5/h2-3,7H,4,10-11H2,1H3. The zero-order valence-corrected chi connectivity index (χ0v) is 7.00. The van der Waals surface area contributed by atoms with Crippen LogP contribution in [0, 0.1) is 6.92 Å². The number of benzene rings is 1. The van der Waals surface area contributed by atoms with E-state index in [2.05, 4.69) is 0 Å². The van der Waals surface area contributed by atoms with Gasteiger partial charge in [-0.25, -0.2) is 0 Å². The summed E-state index contributed by atoms with van der Waals surface area (Å²) in [6, 6.07) is 3.84. The molecule has 2 rings (SSSR count). The molecular weight excluding hydrogens is 152 g/mol. The summed E-state index contributed by atoms with van der Waals surface area (Å²) in [6.07, 6.45) is 0. The number of nitrogens with two attached hydrogens (primary N) is 2. The number of rotatable bonds is 0. The highest BCUT2D eigenvalue weighted by Crippen LogP contribution is 2.36. The molecule has 1 heterocycles. The zero-order chi connectivity index (χ0) is 8.72. The van der Waals surface area contributed by atoms with Crippen LogP contribution in [0.2, 0.25) is 0 Å². The summed E-state index contributed by atoms with van der Waals surface area (Å²) in [7, 11) is 0. The number of ether oxygens (including phenoxy) is 1. The molecule has 0 fully saturated rings. The molecule has 0 amide bonds. The van der Waals surface area contributed by atoms with Gasteiger partial charge in [0.25, 0.3) is 0 Å². The number of anilines is 1. The summed E-state index contributed by atoms with van der Waals surface area (Å²) >= 11 is 0. The summed E-state index contributed by atoms with van der Waals surface area (Å²) in [6.45, 7) is 2.53. The van der Waals surface area contributed by atoms with Crippen molar-refractivity contribution < 1.29 is 4.74 Å². The molecule has 4 N–H and O–H groups in total. The van der Waals surface area contributed by atoms with Crippen LogP contribution in [0.1, 0.15) is 17.2 Å². The van der Waals surface area contributed by atoms with Crippen molar-refractivity contribution in [3.8, 4) is 5.75 Å². The fourth-order valence-electron chi connectivity index (χ4n) is 1.57. The van der Waals surface area contributed by atoms with E-state index in [9.17, 15) is 0 Å². The Hall–Kier alpha value is -1.22. The number of hydrogen-bond donors (Lipinski definition) is 2. The zero-order valence-electron chi connectivity index (χ0n) is 7.00. The molecule has 0 aliphatic carbocycles. The molecule has 1 aromatic carbocycles. The molecule has 0 saturated heterocycles. The minimum atomic E-state index is -0.0550. The molecule has 3 heteroatoms. The smallest absolute Gasteiger partial charge is 0.126 e. The monoisotopic (exact) mass is 164 g/mol. The van der Waals surface area contributed by atoms with E-state index in [1.807, 2.05) is 19.1 Å². The maximum atomic E-state index is 5.80. The molecule has 0 spiro atoms. The van der Waals surface area contributed by atoms with Gasteiger partial charge < -0.3 is 16.2 Å². The number of fused-ring (bicyclic) bond motifs is 1. The van der Waals surface area contributed by atoms with Crippen molar-refractivity contribution >= 4 is 5.69 Å². The first kappa shape index (κ1) is 7.43. The predicted octanol–water partition coefficient (Wildman–Crippen LogP) is 0.969. The summed E-state index contributed by atoms with van der Waals surface area (Å²) in [5, 5.41) is 0. The van der Waals surface area contributed by atoms with Crippen LogP contribution < -0.4 is 16.2 Å². The van der Waals surface area contributed by atoms with Crippen molar-refractivity contribution in [1.29, 1.82) is 0 Å². The lowest BCUT2D eigenvalue weighted by Crippen LogP contribution is -2.12. The van der Waals surface area contributed by atoms with Crippen LogP contribution in [-0.4, -0.2) is 6.61 Å². The molecule has 3 nitrogen and oxygen atoms in total. The molecule has 1 atom stereocenters. The van der Waals surface area contributed by atoms with Crippen LogP contribution >= 0.6 is 0 Å². The Morgan fingerprint density at radius 3 is 3.00 bits per heavy atom. The lowest BCUT2D eigenvalue weighted by Gasteiger charge is -2.05. The largest absolute Gasteiger partial charge is 0.491 e.